The summed E-state index contributed by atoms with van der Waals surface area (Å²) in [6.45, 7) is 9.54. The molecule has 3 saturated heterocycles. The maximum atomic E-state index is 13.1. The second-order valence-electron chi connectivity index (χ2n) is 9.72. The Morgan fingerprint density at radius 2 is 1.73 bits per heavy atom. The normalized spacial score (nSPS) is 27.1. The number of aromatic nitrogens is 1. The number of ether oxygens (including phenoxy) is 1. The van der Waals surface area contributed by atoms with E-state index in [1.54, 1.807) is 6.07 Å². The summed E-state index contributed by atoms with van der Waals surface area (Å²) in [4.78, 5) is 21.5. The third-order valence-electron chi connectivity index (χ3n) is 7.08. The van der Waals surface area contributed by atoms with Crippen molar-refractivity contribution >= 4 is 27.5 Å². The molecule has 0 aliphatic carbocycles. The lowest BCUT2D eigenvalue weighted by molar-refractivity contribution is -0.138. The SMILES string of the molecule is CC1CN(CC2CCN(C(=O)C3CCN(S(=O)(=O)c4cccnc4Cl)CC3)CC2)CC(C)O1. The van der Waals surface area contributed by atoms with Gasteiger partial charge < -0.3 is 9.64 Å². The molecule has 10 heteroatoms. The van der Waals surface area contributed by atoms with Crippen LogP contribution in [-0.2, 0) is 19.6 Å². The molecule has 4 heterocycles. The molecular formula is C23H35ClN4O4S. The molecule has 1 aromatic rings. The van der Waals surface area contributed by atoms with E-state index in [1.165, 1.54) is 16.6 Å². The van der Waals surface area contributed by atoms with Gasteiger partial charge in [-0.3, -0.25) is 9.69 Å². The first-order chi connectivity index (χ1) is 15.7. The van der Waals surface area contributed by atoms with Crippen LogP contribution < -0.4 is 0 Å². The van der Waals surface area contributed by atoms with Gasteiger partial charge in [-0.2, -0.15) is 4.31 Å². The number of halogens is 1. The number of nitrogens with zero attached hydrogens (tertiary/aromatic N) is 4. The highest BCUT2D eigenvalue weighted by Gasteiger charge is 2.36. The van der Waals surface area contributed by atoms with Crippen LogP contribution in [0, 0.1) is 11.8 Å². The Bertz CT molecular complexity index is 920. The molecule has 0 N–H and O–H groups in total. The van der Waals surface area contributed by atoms with Gasteiger partial charge in [0.1, 0.15) is 10.0 Å². The van der Waals surface area contributed by atoms with Gasteiger partial charge in [-0.15, -0.1) is 0 Å². The lowest BCUT2D eigenvalue weighted by Crippen LogP contribution is -2.50. The standard InChI is InChI=1S/C23H35ClN4O4S/c1-17-14-26(15-18(2)32-17)16-19-5-10-27(11-6-19)23(29)20-7-12-28(13-8-20)33(30,31)21-4-3-9-25-22(21)24/h3-4,9,17-20H,5-8,10-16H2,1-2H3. The van der Waals surface area contributed by atoms with E-state index < -0.39 is 10.0 Å². The molecule has 1 amide bonds. The Morgan fingerprint density at radius 3 is 2.33 bits per heavy atom. The van der Waals surface area contributed by atoms with Crippen LogP contribution in [0.4, 0.5) is 0 Å². The fraction of sp³-hybridized carbons (Fsp3) is 0.739. The molecule has 3 fully saturated rings. The summed E-state index contributed by atoms with van der Waals surface area (Å²) in [5.74, 6) is 0.680. The molecule has 33 heavy (non-hydrogen) atoms. The number of rotatable bonds is 5. The van der Waals surface area contributed by atoms with Gasteiger partial charge in [-0.1, -0.05) is 11.6 Å². The number of hydrogen-bond acceptors (Lipinski definition) is 6. The fourth-order valence-corrected chi connectivity index (χ4v) is 7.34. The van der Waals surface area contributed by atoms with Crippen molar-refractivity contribution in [3.63, 3.8) is 0 Å². The average Bonchev–Trinajstić information content (AvgIpc) is 2.79. The van der Waals surface area contributed by atoms with Crippen molar-refractivity contribution in [2.75, 3.05) is 45.8 Å². The molecule has 0 aromatic carbocycles. The zero-order chi connectivity index (χ0) is 23.6. The summed E-state index contributed by atoms with van der Waals surface area (Å²) < 4.78 is 33.1. The fourth-order valence-electron chi connectivity index (χ4n) is 5.44. The van der Waals surface area contributed by atoms with Gasteiger partial charge in [-0.25, -0.2) is 13.4 Å². The maximum absolute atomic E-state index is 13.1. The Balaban J connectivity index is 1.25. The quantitative estimate of drug-likeness (QED) is 0.580. The number of piperidine rings is 2. The topological polar surface area (TPSA) is 83.0 Å². The van der Waals surface area contributed by atoms with Crippen LogP contribution in [0.5, 0.6) is 0 Å². The zero-order valence-electron chi connectivity index (χ0n) is 19.5. The molecular weight excluding hydrogens is 464 g/mol. The number of carbonyl (C=O) groups is 1. The number of hydrogen-bond donors (Lipinski definition) is 0. The molecule has 4 rings (SSSR count). The molecule has 3 aliphatic rings. The van der Waals surface area contributed by atoms with Crippen molar-refractivity contribution in [3.8, 4) is 0 Å². The Morgan fingerprint density at radius 1 is 1.09 bits per heavy atom. The zero-order valence-corrected chi connectivity index (χ0v) is 21.1. The molecule has 3 aliphatic heterocycles. The van der Waals surface area contributed by atoms with E-state index >= 15 is 0 Å². The third kappa shape index (κ3) is 5.88. The average molecular weight is 499 g/mol. The van der Waals surface area contributed by atoms with Crippen LogP contribution in [-0.4, -0.2) is 91.4 Å². The van der Waals surface area contributed by atoms with Crippen molar-refractivity contribution in [1.29, 1.82) is 0 Å². The molecule has 0 bridgehead atoms. The number of carbonyl (C=O) groups excluding carboxylic acids is 1. The van der Waals surface area contributed by atoms with Crippen LogP contribution in [0.2, 0.25) is 5.15 Å². The first kappa shape index (κ1) is 24.9. The molecule has 8 nitrogen and oxygen atoms in total. The van der Waals surface area contributed by atoms with Crippen LogP contribution in [0.25, 0.3) is 0 Å². The predicted molar refractivity (Wildman–Crippen MR) is 126 cm³/mol. The first-order valence-corrected chi connectivity index (χ1v) is 13.8. The van der Waals surface area contributed by atoms with Gasteiger partial charge >= 0.3 is 0 Å². The number of morpholine rings is 1. The van der Waals surface area contributed by atoms with E-state index in [1.807, 2.05) is 4.90 Å². The highest BCUT2D eigenvalue weighted by atomic mass is 35.5. The van der Waals surface area contributed by atoms with E-state index in [0.717, 1.165) is 45.6 Å². The maximum Gasteiger partial charge on any atom is 0.246 e. The second kappa shape index (κ2) is 10.6. The molecule has 0 spiro atoms. The number of amides is 1. The van der Waals surface area contributed by atoms with Crippen molar-refractivity contribution in [2.45, 2.75) is 56.6 Å². The van der Waals surface area contributed by atoms with Crippen LogP contribution >= 0.6 is 11.6 Å². The molecule has 2 atom stereocenters. The third-order valence-corrected chi connectivity index (χ3v) is 9.43. The Hall–Kier alpha value is -1.26. The molecule has 2 unspecified atom stereocenters. The van der Waals surface area contributed by atoms with Gasteiger partial charge in [0.05, 0.1) is 12.2 Å². The van der Waals surface area contributed by atoms with E-state index in [0.29, 0.717) is 31.8 Å². The summed E-state index contributed by atoms with van der Waals surface area (Å²) in [5.41, 5.74) is 0. The first-order valence-electron chi connectivity index (χ1n) is 12.0. The summed E-state index contributed by atoms with van der Waals surface area (Å²) in [6.07, 6.45) is 5.16. The summed E-state index contributed by atoms with van der Waals surface area (Å²) >= 11 is 6.01. The summed E-state index contributed by atoms with van der Waals surface area (Å²) in [6, 6.07) is 3.04. The minimum atomic E-state index is -3.70. The lowest BCUT2D eigenvalue weighted by Gasteiger charge is -2.40. The van der Waals surface area contributed by atoms with Gasteiger partial charge in [0.25, 0.3) is 0 Å². The lowest BCUT2D eigenvalue weighted by atomic mass is 9.92. The Kier molecular flexibility index (Phi) is 7.95. The predicted octanol–water partition coefficient (Wildman–Crippen LogP) is 2.48. The van der Waals surface area contributed by atoms with Crippen LogP contribution in [0.3, 0.4) is 0 Å². The van der Waals surface area contributed by atoms with E-state index in [2.05, 4.69) is 23.7 Å². The molecule has 1 aromatic heterocycles. The molecule has 0 radical (unpaired) electrons. The van der Waals surface area contributed by atoms with E-state index in [-0.39, 0.29) is 34.1 Å². The number of pyridine rings is 1. The summed E-state index contributed by atoms with van der Waals surface area (Å²) in [7, 11) is -3.70. The monoisotopic (exact) mass is 498 g/mol. The second-order valence-corrected chi connectivity index (χ2v) is 12.0. The minimum absolute atomic E-state index is 0.0143. The van der Waals surface area contributed by atoms with Crippen LogP contribution in [0.1, 0.15) is 39.5 Å². The molecule has 184 valence electrons. The Labute approximate surface area is 202 Å². The highest BCUT2D eigenvalue weighted by Crippen LogP contribution is 2.29. The number of sulfonamides is 1. The largest absolute Gasteiger partial charge is 0.373 e. The molecule has 0 saturated carbocycles. The van der Waals surface area contributed by atoms with E-state index in [4.69, 9.17) is 16.3 Å². The van der Waals surface area contributed by atoms with Gasteiger partial charge in [0, 0.05) is 57.9 Å². The smallest absolute Gasteiger partial charge is 0.246 e. The van der Waals surface area contributed by atoms with Crippen molar-refractivity contribution in [3.05, 3.63) is 23.5 Å². The van der Waals surface area contributed by atoms with Crippen LogP contribution in [0.15, 0.2) is 23.2 Å². The van der Waals surface area contributed by atoms with Crippen molar-refractivity contribution in [2.24, 2.45) is 11.8 Å². The minimum Gasteiger partial charge on any atom is -0.373 e. The summed E-state index contributed by atoms with van der Waals surface area (Å²) in [5, 5.41) is -0.0143. The number of likely N-dealkylation sites (tertiary alicyclic amines) is 1. The van der Waals surface area contributed by atoms with Gasteiger partial charge in [0.2, 0.25) is 15.9 Å². The van der Waals surface area contributed by atoms with Gasteiger partial charge in [-0.05, 0) is 57.6 Å². The van der Waals surface area contributed by atoms with Crippen molar-refractivity contribution < 1.29 is 17.9 Å². The van der Waals surface area contributed by atoms with E-state index in [9.17, 15) is 13.2 Å². The van der Waals surface area contributed by atoms with Gasteiger partial charge in [0.15, 0.2) is 0 Å². The highest BCUT2D eigenvalue weighted by molar-refractivity contribution is 7.89. The van der Waals surface area contributed by atoms with Crippen molar-refractivity contribution in [1.82, 2.24) is 19.1 Å².